The molecule has 0 spiro atoms. The van der Waals surface area contributed by atoms with Crippen LogP contribution in [0.3, 0.4) is 0 Å². The molecule has 1 heterocycles. The number of hydrogen-bond donors (Lipinski definition) is 2. The highest BCUT2D eigenvalue weighted by Crippen LogP contribution is 2.18. The number of aromatic nitrogens is 1. The molecule has 154 valence electrons. The highest BCUT2D eigenvalue weighted by atomic mass is 32.1. The van der Waals surface area contributed by atoms with Crippen molar-refractivity contribution in [1.82, 2.24) is 4.98 Å². The molecule has 0 aliphatic rings. The minimum Gasteiger partial charge on any atom is -0.465 e. The second-order valence-corrected chi connectivity index (χ2v) is 7.08. The molecule has 0 saturated carbocycles. The van der Waals surface area contributed by atoms with Crippen LogP contribution in [0.15, 0.2) is 53.9 Å². The lowest BCUT2D eigenvalue weighted by Gasteiger charge is -2.05. The number of anilines is 2. The van der Waals surface area contributed by atoms with Gasteiger partial charge in [-0.2, -0.15) is 0 Å². The molecule has 0 aliphatic carbocycles. The summed E-state index contributed by atoms with van der Waals surface area (Å²) >= 11 is 1.25. The largest absolute Gasteiger partial charge is 0.465 e. The molecule has 0 saturated heterocycles. The first kappa shape index (κ1) is 21.1. The Balaban J connectivity index is 1.48. The van der Waals surface area contributed by atoms with E-state index in [2.05, 4.69) is 20.4 Å². The fourth-order valence-electron chi connectivity index (χ4n) is 2.52. The van der Waals surface area contributed by atoms with Gasteiger partial charge in [-0.1, -0.05) is 0 Å². The highest BCUT2D eigenvalue weighted by molar-refractivity contribution is 7.14. The molecule has 0 aliphatic heterocycles. The van der Waals surface area contributed by atoms with E-state index in [4.69, 9.17) is 0 Å². The van der Waals surface area contributed by atoms with Gasteiger partial charge in [0, 0.05) is 23.1 Å². The Morgan fingerprint density at radius 2 is 1.67 bits per heavy atom. The summed E-state index contributed by atoms with van der Waals surface area (Å²) in [6.45, 7) is 0. The number of aryl methyl sites for hydroxylation is 1. The van der Waals surface area contributed by atoms with Gasteiger partial charge in [0.2, 0.25) is 5.91 Å². The van der Waals surface area contributed by atoms with Gasteiger partial charge in [-0.3, -0.25) is 14.9 Å². The number of amides is 2. The molecule has 0 atom stereocenters. The van der Waals surface area contributed by atoms with E-state index >= 15 is 0 Å². The number of hydrogen-bond acceptors (Lipinski definition) is 6. The van der Waals surface area contributed by atoms with Gasteiger partial charge in [-0.05, 0) is 55.0 Å². The van der Waals surface area contributed by atoms with Crippen LogP contribution in [0.5, 0.6) is 0 Å². The van der Waals surface area contributed by atoms with E-state index in [0.29, 0.717) is 34.1 Å². The Morgan fingerprint density at radius 1 is 1.00 bits per heavy atom. The molecule has 2 aromatic carbocycles. The zero-order valence-corrected chi connectivity index (χ0v) is 16.8. The molecule has 2 N–H and O–H groups in total. The number of ether oxygens (including phenoxy) is 1. The predicted octanol–water partition coefficient (Wildman–Crippen LogP) is 3.89. The van der Waals surface area contributed by atoms with Crippen LogP contribution in [-0.2, 0) is 16.0 Å². The van der Waals surface area contributed by atoms with Crippen molar-refractivity contribution in [3.8, 4) is 0 Å². The van der Waals surface area contributed by atoms with Gasteiger partial charge in [0.1, 0.15) is 5.82 Å². The maximum absolute atomic E-state index is 12.9. The third-order valence-electron chi connectivity index (χ3n) is 4.08. The van der Waals surface area contributed by atoms with Crippen molar-refractivity contribution >= 4 is 39.9 Å². The summed E-state index contributed by atoms with van der Waals surface area (Å²) in [5, 5.41) is 7.56. The summed E-state index contributed by atoms with van der Waals surface area (Å²) in [4.78, 5) is 40.0. The lowest BCUT2D eigenvalue weighted by molar-refractivity contribution is -0.116. The number of carbonyl (C=O) groups is 3. The second kappa shape index (κ2) is 9.75. The first-order valence-electron chi connectivity index (χ1n) is 8.94. The van der Waals surface area contributed by atoms with E-state index in [-0.39, 0.29) is 18.2 Å². The molecule has 9 heteroatoms. The molecule has 7 nitrogen and oxygen atoms in total. The molecule has 3 rings (SSSR count). The van der Waals surface area contributed by atoms with Crippen LogP contribution in [0.4, 0.5) is 15.2 Å². The maximum Gasteiger partial charge on any atom is 0.337 e. The average Bonchev–Trinajstić information content (AvgIpc) is 3.20. The van der Waals surface area contributed by atoms with Crippen molar-refractivity contribution in [2.24, 2.45) is 0 Å². The molecule has 2 amide bonds. The van der Waals surface area contributed by atoms with Crippen molar-refractivity contribution in [3.63, 3.8) is 0 Å². The van der Waals surface area contributed by atoms with E-state index in [0.717, 1.165) is 0 Å². The molecular weight excluding hydrogens is 409 g/mol. The summed E-state index contributed by atoms with van der Waals surface area (Å²) in [6.07, 6.45) is 0.600. The molecule has 30 heavy (non-hydrogen) atoms. The third-order valence-corrected chi connectivity index (χ3v) is 4.88. The van der Waals surface area contributed by atoms with Crippen molar-refractivity contribution < 1.29 is 23.5 Å². The Morgan fingerprint density at radius 3 is 2.33 bits per heavy atom. The Labute approximate surface area is 175 Å². The topological polar surface area (TPSA) is 97.4 Å². The Kier molecular flexibility index (Phi) is 6.87. The van der Waals surface area contributed by atoms with Crippen molar-refractivity contribution in [2.45, 2.75) is 12.8 Å². The summed E-state index contributed by atoms with van der Waals surface area (Å²) in [6, 6.07) is 11.6. The number of benzene rings is 2. The first-order valence-corrected chi connectivity index (χ1v) is 9.82. The van der Waals surface area contributed by atoms with Gasteiger partial charge in [-0.15, -0.1) is 11.3 Å². The highest BCUT2D eigenvalue weighted by Gasteiger charge is 2.11. The van der Waals surface area contributed by atoms with E-state index in [1.54, 1.807) is 29.6 Å². The zero-order chi connectivity index (χ0) is 21.5. The summed E-state index contributed by atoms with van der Waals surface area (Å²) in [5.41, 5.74) is 1.96. The minimum atomic E-state index is -0.446. The van der Waals surface area contributed by atoms with E-state index < -0.39 is 11.8 Å². The fraction of sp³-hybridized carbons (Fsp3) is 0.143. The van der Waals surface area contributed by atoms with Gasteiger partial charge in [0.05, 0.1) is 18.4 Å². The van der Waals surface area contributed by atoms with Crippen LogP contribution in [0, 0.1) is 5.82 Å². The quantitative estimate of drug-likeness (QED) is 0.558. The van der Waals surface area contributed by atoms with Crippen molar-refractivity contribution in [3.05, 3.63) is 76.5 Å². The number of esters is 1. The van der Waals surface area contributed by atoms with E-state index in [1.165, 1.54) is 42.7 Å². The minimum absolute atomic E-state index is 0.202. The number of halogens is 1. The average molecular weight is 427 g/mol. The molecule has 0 unspecified atom stereocenters. The van der Waals surface area contributed by atoms with E-state index in [1.807, 2.05) is 0 Å². The number of nitrogens with zero attached hydrogens (tertiary/aromatic N) is 1. The smallest absolute Gasteiger partial charge is 0.337 e. The van der Waals surface area contributed by atoms with Crippen molar-refractivity contribution in [2.75, 3.05) is 17.7 Å². The standard InChI is InChI=1S/C21H18FN3O4S/c1-29-20(28)14-4-8-16(9-5-14)23-18(26)11-10-17-12-30-21(24-17)25-19(27)13-2-6-15(22)7-3-13/h2-9,12H,10-11H2,1H3,(H,23,26)(H,24,25,27). The molecule has 0 radical (unpaired) electrons. The predicted molar refractivity (Wildman–Crippen MR) is 111 cm³/mol. The van der Waals surface area contributed by atoms with Gasteiger partial charge in [-0.25, -0.2) is 14.2 Å². The van der Waals surface area contributed by atoms with Gasteiger partial charge >= 0.3 is 5.97 Å². The molecule has 0 bridgehead atoms. The van der Waals surface area contributed by atoms with Crippen LogP contribution >= 0.6 is 11.3 Å². The molecular formula is C21H18FN3O4S. The van der Waals surface area contributed by atoms with Crippen LogP contribution in [0.25, 0.3) is 0 Å². The lowest BCUT2D eigenvalue weighted by Crippen LogP contribution is -2.13. The Hall–Kier alpha value is -3.59. The molecule has 1 aromatic heterocycles. The summed E-state index contributed by atoms with van der Waals surface area (Å²) in [7, 11) is 1.30. The number of carbonyl (C=O) groups excluding carboxylic acids is 3. The van der Waals surface area contributed by atoms with E-state index in [9.17, 15) is 18.8 Å². The van der Waals surface area contributed by atoms with Crippen LogP contribution in [0.1, 0.15) is 32.8 Å². The molecule has 0 fully saturated rings. The SMILES string of the molecule is COC(=O)c1ccc(NC(=O)CCc2csc(NC(=O)c3ccc(F)cc3)n2)cc1. The lowest BCUT2D eigenvalue weighted by atomic mass is 10.2. The molecule has 3 aromatic rings. The number of rotatable bonds is 7. The maximum atomic E-state index is 12.9. The normalized spacial score (nSPS) is 10.3. The number of thiazole rings is 1. The summed E-state index contributed by atoms with van der Waals surface area (Å²) < 4.78 is 17.6. The van der Waals surface area contributed by atoms with Crippen molar-refractivity contribution in [1.29, 1.82) is 0 Å². The first-order chi connectivity index (χ1) is 14.4. The second-order valence-electron chi connectivity index (χ2n) is 6.22. The zero-order valence-electron chi connectivity index (χ0n) is 16.0. The third kappa shape index (κ3) is 5.71. The fourth-order valence-corrected chi connectivity index (χ4v) is 3.26. The van der Waals surface area contributed by atoms with Crippen LogP contribution in [0.2, 0.25) is 0 Å². The Bertz CT molecular complexity index is 1050. The number of methoxy groups -OCH3 is 1. The summed E-state index contributed by atoms with van der Waals surface area (Å²) in [5.74, 6) is -1.45. The van der Waals surface area contributed by atoms with Gasteiger partial charge in [0.25, 0.3) is 5.91 Å². The van der Waals surface area contributed by atoms with Crippen LogP contribution in [-0.4, -0.2) is 29.9 Å². The monoisotopic (exact) mass is 427 g/mol. The van der Waals surface area contributed by atoms with Crippen LogP contribution < -0.4 is 10.6 Å². The number of nitrogens with one attached hydrogen (secondary N) is 2. The van der Waals surface area contributed by atoms with Gasteiger partial charge in [0.15, 0.2) is 5.13 Å². The van der Waals surface area contributed by atoms with Gasteiger partial charge < -0.3 is 10.1 Å².